The molecule has 0 aliphatic carbocycles. The summed E-state index contributed by atoms with van der Waals surface area (Å²) in [4.78, 5) is 65.6. The Kier molecular flexibility index (Phi) is 44.8. The molecule has 4 aromatic heterocycles. The summed E-state index contributed by atoms with van der Waals surface area (Å²) in [6, 6.07) is 30.7. The van der Waals surface area contributed by atoms with Gasteiger partial charge in [0, 0.05) is 82.6 Å². The second kappa shape index (κ2) is 53.1. The van der Waals surface area contributed by atoms with Crippen LogP contribution in [0.25, 0.3) is 22.1 Å². The van der Waals surface area contributed by atoms with Crippen molar-refractivity contribution in [3.63, 3.8) is 0 Å². The highest BCUT2D eigenvalue weighted by Gasteiger charge is 2.48. The van der Waals surface area contributed by atoms with Gasteiger partial charge in [-0.15, -0.1) is 12.8 Å². The Morgan fingerprint density at radius 2 is 0.832 bits per heavy atom. The average molecular weight is 1990 g/mol. The molecule has 0 spiro atoms. The van der Waals surface area contributed by atoms with Crippen LogP contribution in [0.1, 0.15) is 101 Å². The number of amidine groups is 2. The summed E-state index contributed by atoms with van der Waals surface area (Å²) in [6.07, 6.45) is -0.911. The summed E-state index contributed by atoms with van der Waals surface area (Å²) in [5.74, 6) is 0.438. The van der Waals surface area contributed by atoms with E-state index in [0.717, 1.165) is 0 Å². The van der Waals surface area contributed by atoms with Gasteiger partial charge in [0.1, 0.15) is 109 Å². The van der Waals surface area contributed by atoms with E-state index in [1.807, 2.05) is 13.8 Å². The number of nitrogens with one attached hydrogen (secondary N) is 3. The van der Waals surface area contributed by atoms with Gasteiger partial charge in [-0.25, -0.2) is 58.4 Å². The molecule has 0 saturated carbocycles. The first-order valence-electron chi connectivity index (χ1n) is 41.0. The molecule has 8 heterocycles. The minimum absolute atomic E-state index is 0.140. The van der Waals surface area contributed by atoms with Crippen molar-refractivity contribution < 1.29 is 115 Å². The van der Waals surface area contributed by atoms with Crippen LogP contribution in [0.15, 0.2) is 157 Å². The number of rotatable bonds is 31. The lowest BCUT2D eigenvalue weighted by molar-refractivity contribution is -0.144. The van der Waals surface area contributed by atoms with E-state index < -0.39 is 132 Å². The van der Waals surface area contributed by atoms with E-state index in [9.17, 15) is 63.0 Å². The Morgan fingerprint density at radius 3 is 1.12 bits per heavy atom. The normalized spacial score (nSPS) is 19.9. The van der Waals surface area contributed by atoms with Crippen molar-refractivity contribution in [2.75, 3.05) is 85.4 Å². The van der Waals surface area contributed by atoms with Crippen molar-refractivity contribution in [2.45, 2.75) is 149 Å². The number of benzene rings is 4. The molecule has 14 N–H and O–H groups in total. The number of aliphatic hydroxyl groups excluding tert-OH is 5. The largest absolute Gasteiger partial charge is 0.468 e. The van der Waals surface area contributed by atoms with Gasteiger partial charge in [0.15, 0.2) is 35.8 Å². The number of para-hydroxylation sites is 4. The second-order valence-corrected chi connectivity index (χ2v) is 41.2. The van der Waals surface area contributed by atoms with Crippen LogP contribution in [0.5, 0.6) is 23.0 Å². The molecule has 8 aromatic rings. The molecule has 2 saturated heterocycles. The summed E-state index contributed by atoms with van der Waals surface area (Å²) in [5.41, 5.74) is 19.6. The smallest absolute Gasteiger partial charge is 0.459 e. The predicted molar refractivity (Wildman–Crippen MR) is 500 cm³/mol. The first-order chi connectivity index (χ1) is 62.2. The van der Waals surface area contributed by atoms with E-state index in [0.29, 0.717) is 67.9 Å². The maximum Gasteiger partial charge on any atom is 0.459 e. The third-order valence-electron chi connectivity index (χ3n) is 19.3. The fourth-order valence-corrected chi connectivity index (χ4v) is 18.3. The van der Waals surface area contributed by atoms with Crippen molar-refractivity contribution >= 4 is 142 Å². The molecular formula is C82H117Cl4N17O24P4. The topological polar surface area (TPSA) is 549 Å². The quantitative estimate of drug-likeness (QED) is 0.00832. The number of nitrogens with two attached hydrogens (primary N) is 3. The number of carbonyl (C=O) groups excluding carboxylic acids is 4. The molecule has 0 radical (unpaired) electrons. The highest BCUT2D eigenvalue weighted by Crippen LogP contribution is 2.57. The zero-order valence-corrected chi connectivity index (χ0v) is 81.8. The fraction of sp³-hybridized carbons (Fsp3) is 0.463. The summed E-state index contributed by atoms with van der Waals surface area (Å²) in [7, 11) is 4.25. The molecule has 41 nitrogen and oxygen atoms in total. The lowest BCUT2D eigenvalue weighted by Gasteiger charge is -2.27. The maximum atomic E-state index is 13.9. The number of ether oxygens (including phenoxy) is 6. The average Bonchev–Trinajstić information content (AvgIpc) is 1.59. The first-order valence-corrected chi connectivity index (χ1v) is 50.6. The van der Waals surface area contributed by atoms with E-state index in [1.165, 1.54) is 76.7 Å². The lowest BCUT2D eigenvalue weighted by atomic mass is 10.1. The highest BCUT2D eigenvalue weighted by molar-refractivity contribution is 8.05. The molecule has 9 unspecified atom stereocenters. The third kappa shape index (κ3) is 32.9. The zero-order valence-electron chi connectivity index (χ0n) is 76.2. The van der Waals surface area contributed by atoms with Crippen LogP contribution in [-0.2, 0) is 70.4 Å². The van der Waals surface area contributed by atoms with Crippen molar-refractivity contribution in [3.8, 4) is 35.8 Å². The van der Waals surface area contributed by atoms with Crippen LogP contribution in [0.4, 0.5) is 11.6 Å². The summed E-state index contributed by atoms with van der Waals surface area (Å²) in [6.45, 7) is 16.3. The van der Waals surface area contributed by atoms with Gasteiger partial charge in [0.2, 0.25) is 0 Å². The third-order valence-corrected chi connectivity index (χ3v) is 24.7. The summed E-state index contributed by atoms with van der Waals surface area (Å²) in [5, 5.41) is 71.8. The van der Waals surface area contributed by atoms with Crippen LogP contribution in [0.2, 0.25) is 0 Å². The number of esters is 4. The molecule has 0 amide bonds. The van der Waals surface area contributed by atoms with E-state index in [-0.39, 0.29) is 41.2 Å². The SMILES string of the molecule is CCN(CC)CC.CN1N=C(N)c2cn([C@@H]3O[C@H](CO)[C@H](O)C3O)c3ncnc1c23.COC(=O)C(N)C(C)C.COC(=O)C(NP(=O)(Cl)Oc1ccccc1)C(C)C.COC(=O)C(NP(=O)(Cl)Oc1ccccc1)C(C)C.COC(=O)C(NP(=O)(OC[C@H]1O[C@@H](n2cc3c4c(ncnc42)N(C)N=C3N)C(O)[C@H]1O)Oc1ccccc1)C(C)C.O=P(Cl)(Cl)Oc1ccccc1.[2H]C#C. The van der Waals surface area contributed by atoms with E-state index in [1.54, 1.807) is 199 Å². The number of halogens is 4. The molecule has 4 aromatic carbocycles. The van der Waals surface area contributed by atoms with Crippen LogP contribution >= 0.6 is 72.5 Å². The summed E-state index contributed by atoms with van der Waals surface area (Å²) < 4.78 is 114. The van der Waals surface area contributed by atoms with E-state index >= 15 is 0 Å². The molecular weight excluding hydrogens is 1870 g/mol. The van der Waals surface area contributed by atoms with Gasteiger partial charge in [-0.3, -0.25) is 23.7 Å². The number of nitrogens with zero attached hydrogens (tertiary/aromatic N) is 11. The Hall–Kier alpha value is -9.14. The Bertz CT molecular complexity index is 5200. The van der Waals surface area contributed by atoms with Gasteiger partial charge in [0.25, 0.3) is 0 Å². The van der Waals surface area contributed by atoms with E-state index in [4.69, 9.17) is 95.8 Å². The molecule has 131 heavy (non-hydrogen) atoms. The molecule has 2 fully saturated rings. The molecule has 722 valence electrons. The highest BCUT2D eigenvalue weighted by atomic mass is 35.9. The van der Waals surface area contributed by atoms with E-state index in [2.05, 4.69) is 96.2 Å². The fourth-order valence-electron chi connectivity index (χ4n) is 12.3. The van der Waals surface area contributed by atoms with Crippen molar-refractivity contribution in [1.82, 2.24) is 49.2 Å². The molecule has 12 rings (SSSR count). The van der Waals surface area contributed by atoms with Crippen molar-refractivity contribution in [2.24, 2.45) is 51.1 Å². The minimum Gasteiger partial charge on any atom is -0.468 e. The number of aromatic nitrogens is 6. The van der Waals surface area contributed by atoms with Crippen molar-refractivity contribution in [1.29, 1.82) is 0 Å². The Labute approximate surface area is 781 Å². The number of hydrazone groups is 2. The molecule has 4 aliphatic heterocycles. The van der Waals surface area contributed by atoms with Gasteiger partial charge >= 0.3 is 51.4 Å². The molecule has 0 bridgehead atoms. The number of hydrogen-bond acceptors (Lipinski definition) is 36. The maximum absolute atomic E-state index is 13.9. The second-order valence-electron chi connectivity index (χ2n) is 29.8. The van der Waals surface area contributed by atoms with Gasteiger partial charge in [-0.05, 0) is 91.8 Å². The standard InChI is InChI=1S/C25H32N7O8P.C13H16N6O4.2C12H17ClNO4P.C6H5Cl2O2P.C6H13NO2.C6H15N.C2H2/c1-13(2)18(25(35)37-4)30-41(36,40-14-8-6-5-7-9-14)38-11-16-19(33)20(34)24(39-16)32-10-15-17-22(27-12-28-23(17)32)31(3)29-21(15)26;1-18-11-7-5(10(14)17-18)2-19(12(7)16-4-15-11)13-9(22)8(21)6(3-20)23-13;2*1-9(2)11(12(15)17-3)14-19(13,16)18-10-7-5-4-6-8-10;7-11(8,9)10-6-4-2-1-3-5-6;1-4(2)5(7)6(8)9-3;1-4-7(5-2)6-3;1-2/h5-10,12-13,16,18-20,24,33-34H,11H2,1-4H3,(H2,26,29)(H,30,36);2,4,6,8-9,13,20-22H,3H2,1H3,(H2,14,17);2*4-9,11H,1-3H3,(H,14,16);1-5H;4-5H,7H2,1-3H3;4-6H2,1-3H3;1-2H/t16-,18?,19+,20?,24-,41?;6-,8+,9?,13-;;;;;;/m11....../s1/i;;;;;;;1D. The monoisotopic (exact) mass is 1990 g/mol. The van der Waals surface area contributed by atoms with Crippen LogP contribution < -0.4 is 60.6 Å². The number of methoxy groups -OCH3 is 4. The molecule has 15 atom stereocenters. The Balaban J connectivity index is 0.000000292. The van der Waals surface area contributed by atoms with Crippen LogP contribution in [0.3, 0.4) is 0 Å². The van der Waals surface area contributed by atoms with Gasteiger partial charge < -0.3 is 103 Å². The number of hydrogen-bond donors (Lipinski definition) is 11. The first kappa shape index (κ1) is 111. The number of terminal acetylenes is 1. The summed E-state index contributed by atoms with van der Waals surface area (Å²) >= 11 is 22.0. The van der Waals surface area contributed by atoms with Crippen LogP contribution in [-0.4, -0.2) is 231 Å². The number of carbonyl (C=O) groups is 4. The zero-order chi connectivity index (χ0) is 98.9. The molecule has 49 heteroatoms. The van der Waals surface area contributed by atoms with Gasteiger partial charge in [-0.1, -0.05) is 149 Å². The number of anilines is 2. The lowest BCUT2D eigenvalue weighted by Crippen LogP contribution is -2.42. The van der Waals surface area contributed by atoms with Crippen molar-refractivity contribution in [3.05, 3.63) is 158 Å². The molecule has 4 aliphatic rings. The Morgan fingerprint density at radius 1 is 0.511 bits per heavy atom. The minimum atomic E-state index is -4.25. The van der Waals surface area contributed by atoms with Gasteiger partial charge in [0.05, 0.1) is 52.4 Å². The van der Waals surface area contributed by atoms with Crippen LogP contribution in [0, 0.1) is 36.5 Å². The van der Waals surface area contributed by atoms with Gasteiger partial charge in [-0.2, -0.15) is 15.3 Å². The predicted octanol–water partition coefficient (Wildman–Crippen LogP) is 11.0. The number of aliphatic hydroxyl groups is 5.